The molecule has 5 heteroatoms. The van der Waals surface area contributed by atoms with Crippen molar-refractivity contribution in [2.45, 2.75) is 31.2 Å². The summed E-state index contributed by atoms with van der Waals surface area (Å²) >= 11 is 3.35. The van der Waals surface area contributed by atoms with Gasteiger partial charge in [-0.25, -0.2) is 0 Å². The van der Waals surface area contributed by atoms with E-state index in [1.165, 1.54) is 6.92 Å². The third kappa shape index (κ3) is 2.41. The molecule has 0 aliphatic heterocycles. The first-order valence-corrected chi connectivity index (χ1v) is 6.55. The third-order valence-corrected chi connectivity index (χ3v) is 3.83. The second-order valence-electron chi connectivity index (χ2n) is 4.62. The molecule has 96 valence electrons. The van der Waals surface area contributed by atoms with Gasteiger partial charge in [0.1, 0.15) is 6.04 Å². The van der Waals surface area contributed by atoms with Crippen molar-refractivity contribution in [3.05, 3.63) is 34.3 Å². The Balaban J connectivity index is 2.14. The molecule has 1 aliphatic rings. The summed E-state index contributed by atoms with van der Waals surface area (Å²) in [6.45, 7) is 1.47. The summed E-state index contributed by atoms with van der Waals surface area (Å²) in [7, 11) is 0. The van der Waals surface area contributed by atoms with Crippen LogP contribution >= 0.6 is 15.9 Å². The van der Waals surface area contributed by atoms with Gasteiger partial charge in [0.2, 0.25) is 5.91 Å². The van der Waals surface area contributed by atoms with Gasteiger partial charge in [-0.3, -0.25) is 9.59 Å². The maximum Gasteiger partial charge on any atom is 0.325 e. The average molecular weight is 312 g/mol. The van der Waals surface area contributed by atoms with E-state index < -0.39 is 17.4 Å². The van der Waals surface area contributed by atoms with Crippen LogP contribution in [0.1, 0.15) is 25.3 Å². The standard InChI is InChI=1S/C13H14BrNO3/c1-8(11(16)17)15-12(18)13(6-7-13)9-2-4-10(14)5-3-9/h2-5,8H,6-7H2,1H3,(H,15,18)(H,16,17). The van der Waals surface area contributed by atoms with E-state index in [2.05, 4.69) is 21.2 Å². The summed E-state index contributed by atoms with van der Waals surface area (Å²) in [5.74, 6) is -1.21. The fourth-order valence-electron chi connectivity index (χ4n) is 1.94. The van der Waals surface area contributed by atoms with Gasteiger partial charge in [-0.15, -0.1) is 0 Å². The van der Waals surface area contributed by atoms with Crippen LogP contribution in [0.5, 0.6) is 0 Å². The zero-order valence-corrected chi connectivity index (χ0v) is 11.5. The highest BCUT2D eigenvalue weighted by Crippen LogP contribution is 2.48. The van der Waals surface area contributed by atoms with E-state index >= 15 is 0 Å². The van der Waals surface area contributed by atoms with Crippen LogP contribution in [0, 0.1) is 0 Å². The number of amides is 1. The van der Waals surface area contributed by atoms with Gasteiger partial charge in [-0.2, -0.15) is 0 Å². The average Bonchev–Trinajstić information content (AvgIpc) is 3.11. The van der Waals surface area contributed by atoms with Crippen LogP contribution in [0.2, 0.25) is 0 Å². The molecular weight excluding hydrogens is 298 g/mol. The predicted molar refractivity (Wildman–Crippen MR) is 70.3 cm³/mol. The number of hydrogen-bond acceptors (Lipinski definition) is 2. The van der Waals surface area contributed by atoms with Crippen molar-refractivity contribution in [2.24, 2.45) is 0 Å². The van der Waals surface area contributed by atoms with Gasteiger partial charge in [0.05, 0.1) is 5.41 Å². The Kier molecular flexibility index (Phi) is 3.43. The molecule has 0 bridgehead atoms. The molecular formula is C13H14BrNO3. The van der Waals surface area contributed by atoms with Gasteiger partial charge in [0.25, 0.3) is 0 Å². The predicted octanol–water partition coefficient (Wildman–Crippen LogP) is 2.07. The topological polar surface area (TPSA) is 66.4 Å². The molecule has 2 N–H and O–H groups in total. The smallest absolute Gasteiger partial charge is 0.325 e. The molecule has 1 amide bonds. The molecule has 18 heavy (non-hydrogen) atoms. The molecule has 0 spiro atoms. The van der Waals surface area contributed by atoms with Crippen LogP contribution in [-0.2, 0) is 15.0 Å². The number of halogens is 1. The molecule has 1 aromatic carbocycles. The fraction of sp³-hybridized carbons (Fsp3) is 0.385. The number of carboxylic acids is 1. The van der Waals surface area contributed by atoms with Gasteiger partial charge in [0, 0.05) is 4.47 Å². The van der Waals surface area contributed by atoms with Crippen molar-refractivity contribution in [3.63, 3.8) is 0 Å². The lowest BCUT2D eigenvalue weighted by Gasteiger charge is -2.18. The lowest BCUT2D eigenvalue weighted by molar-refractivity contribution is -0.141. The molecule has 0 radical (unpaired) electrons. The molecule has 1 aliphatic carbocycles. The normalized spacial score (nSPS) is 17.9. The Morgan fingerprint density at radius 1 is 1.33 bits per heavy atom. The van der Waals surface area contributed by atoms with Crippen LogP contribution in [0.3, 0.4) is 0 Å². The van der Waals surface area contributed by atoms with Gasteiger partial charge in [0.15, 0.2) is 0 Å². The van der Waals surface area contributed by atoms with E-state index in [4.69, 9.17) is 5.11 Å². The largest absolute Gasteiger partial charge is 0.480 e. The summed E-state index contributed by atoms with van der Waals surface area (Å²) in [6, 6.07) is 6.74. The summed E-state index contributed by atoms with van der Waals surface area (Å²) in [5, 5.41) is 11.3. The van der Waals surface area contributed by atoms with Crippen LogP contribution in [0.25, 0.3) is 0 Å². The number of carbonyl (C=O) groups is 2. The van der Waals surface area contributed by atoms with Crippen molar-refractivity contribution < 1.29 is 14.7 Å². The molecule has 1 fully saturated rings. The summed E-state index contributed by atoms with van der Waals surface area (Å²) < 4.78 is 0.960. The Bertz CT molecular complexity index is 480. The first-order valence-electron chi connectivity index (χ1n) is 5.75. The van der Waals surface area contributed by atoms with Gasteiger partial charge in [-0.05, 0) is 37.5 Å². The van der Waals surface area contributed by atoms with E-state index in [9.17, 15) is 9.59 Å². The van der Waals surface area contributed by atoms with Crippen LogP contribution in [0.4, 0.5) is 0 Å². The van der Waals surface area contributed by atoms with E-state index in [-0.39, 0.29) is 5.91 Å². The van der Waals surface area contributed by atoms with Crippen LogP contribution in [0.15, 0.2) is 28.7 Å². The molecule has 0 heterocycles. The molecule has 1 saturated carbocycles. The molecule has 0 saturated heterocycles. The second-order valence-corrected chi connectivity index (χ2v) is 5.54. The van der Waals surface area contributed by atoms with Gasteiger partial charge < -0.3 is 10.4 Å². The Labute approximate surface area is 114 Å². The number of benzene rings is 1. The Hall–Kier alpha value is -1.36. The minimum Gasteiger partial charge on any atom is -0.480 e. The van der Waals surface area contributed by atoms with Gasteiger partial charge >= 0.3 is 5.97 Å². The first-order chi connectivity index (χ1) is 8.45. The molecule has 1 unspecified atom stereocenters. The van der Waals surface area contributed by atoms with E-state index in [1.807, 2.05) is 24.3 Å². The van der Waals surface area contributed by atoms with E-state index in [0.29, 0.717) is 0 Å². The minimum absolute atomic E-state index is 0.195. The summed E-state index contributed by atoms with van der Waals surface area (Å²) in [5.41, 5.74) is 0.422. The molecule has 4 nitrogen and oxygen atoms in total. The number of carbonyl (C=O) groups excluding carboxylic acids is 1. The monoisotopic (exact) mass is 311 g/mol. The van der Waals surface area contributed by atoms with Crippen LogP contribution < -0.4 is 5.32 Å². The van der Waals surface area contributed by atoms with Crippen molar-refractivity contribution in [1.82, 2.24) is 5.32 Å². The van der Waals surface area contributed by atoms with Crippen molar-refractivity contribution in [2.75, 3.05) is 0 Å². The van der Waals surface area contributed by atoms with E-state index in [1.54, 1.807) is 0 Å². The zero-order chi connectivity index (χ0) is 13.3. The third-order valence-electron chi connectivity index (χ3n) is 3.30. The maximum atomic E-state index is 12.1. The lowest BCUT2D eigenvalue weighted by Crippen LogP contribution is -2.43. The lowest BCUT2D eigenvalue weighted by atomic mass is 9.95. The highest BCUT2D eigenvalue weighted by atomic mass is 79.9. The van der Waals surface area contributed by atoms with E-state index in [0.717, 1.165) is 22.9 Å². The Morgan fingerprint density at radius 2 is 1.89 bits per heavy atom. The minimum atomic E-state index is -1.02. The SMILES string of the molecule is CC(NC(=O)C1(c2ccc(Br)cc2)CC1)C(=O)O. The Morgan fingerprint density at radius 3 is 2.33 bits per heavy atom. The molecule has 1 aromatic rings. The van der Waals surface area contributed by atoms with Crippen molar-refractivity contribution >= 4 is 27.8 Å². The second kappa shape index (κ2) is 4.72. The summed E-state index contributed by atoms with van der Waals surface area (Å²) in [4.78, 5) is 22.9. The van der Waals surface area contributed by atoms with Crippen molar-refractivity contribution in [3.8, 4) is 0 Å². The van der Waals surface area contributed by atoms with Gasteiger partial charge in [-0.1, -0.05) is 28.1 Å². The van der Waals surface area contributed by atoms with Crippen molar-refractivity contribution in [1.29, 1.82) is 0 Å². The quantitative estimate of drug-likeness (QED) is 0.894. The number of rotatable bonds is 4. The number of aliphatic carboxylic acids is 1. The zero-order valence-electron chi connectivity index (χ0n) is 9.94. The number of carboxylic acid groups (broad SMARTS) is 1. The molecule has 2 rings (SSSR count). The fourth-order valence-corrected chi connectivity index (χ4v) is 2.20. The number of nitrogens with one attached hydrogen (secondary N) is 1. The molecule has 1 atom stereocenters. The summed E-state index contributed by atoms with van der Waals surface area (Å²) in [6.07, 6.45) is 1.54. The van der Waals surface area contributed by atoms with Crippen LogP contribution in [-0.4, -0.2) is 23.0 Å². The number of hydrogen-bond donors (Lipinski definition) is 2. The molecule has 0 aromatic heterocycles. The maximum absolute atomic E-state index is 12.1. The highest BCUT2D eigenvalue weighted by Gasteiger charge is 2.51. The highest BCUT2D eigenvalue weighted by molar-refractivity contribution is 9.10. The first kappa shape index (κ1) is 13.1.